The van der Waals surface area contributed by atoms with Gasteiger partial charge in [-0.05, 0) is 24.1 Å². The lowest BCUT2D eigenvalue weighted by Crippen LogP contribution is -2.42. The largest absolute Gasteiger partial charge is 0.371 e. The molecule has 3 atom stereocenters. The van der Waals surface area contributed by atoms with Crippen molar-refractivity contribution in [2.75, 3.05) is 19.7 Å². The van der Waals surface area contributed by atoms with E-state index in [2.05, 4.69) is 37.8 Å². The number of halogens is 1. The minimum Gasteiger partial charge on any atom is -0.371 e. The average Bonchev–Trinajstić information content (AvgIpc) is 3.39. The number of hydrogen-bond donors (Lipinski definition) is 0. The van der Waals surface area contributed by atoms with Gasteiger partial charge >= 0.3 is 0 Å². The molecule has 0 bridgehead atoms. The molecule has 2 aromatic heterocycles. The van der Waals surface area contributed by atoms with E-state index in [9.17, 15) is 0 Å². The van der Waals surface area contributed by atoms with Crippen LogP contribution in [0.1, 0.15) is 24.1 Å². The molecule has 27 heavy (non-hydrogen) atoms. The summed E-state index contributed by atoms with van der Waals surface area (Å²) in [6, 6.07) is 8.86. The molecule has 2 saturated heterocycles. The van der Waals surface area contributed by atoms with Gasteiger partial charge in [-0.25, -0.2) is 9.97 Å². The average molecular weight is 384 g/mol. The number of benzene rings is 1. The summed E-state index contributed by atoms with van der Waals surface area (Å²) in [5.74, 6) is 0.981. The molecule has 7 heteroatoms. The van der Waals surface area contributed by atoms with Crippen LogP contribution in [0.4, 0.5) is 0 Å². The smallest absolute Gasteiger partial charge is 0.158 e. The second-order valence-electron chi connectivity index (χ2n) is 7.42. The third-order valence-electron chi connectivity index (χ3n) is 5.75. The van der Waals surface area contributed by atoms with Crippen molar-refractivity contribution in [1.29, 1.82) is 0 Å². The first kappa shape index (κ1) is 17.0. The second-order valence-corrected chi connectivity index (χ2v) is 7.86. The predicted molar refractivity (Wildman–Crippen MR) is 104 cm³/mol. The summed E-state index contributed by atoms with van der Waals surface area (Å²) >= 11 is 6.02. The summed E-state index contributed by atoms with van der Waals surface area (Å²) in [6.07, 6.45) is 8.85. The number of aromatic nitrogens is 4. The van der Waals surface area contributed by atoms with Crippen LogP contribution < -0.4 is 0 Å². The Labute approximate surface area is 163 Å². The second kappa shape index (κ2) is 6.78. The van der Waals surface area contributed by atoms with Crippen LogP contribution in [-0.4, -0.2) is 49.7 Å². The fraction of sp³-hybridized carbons (Fsp3) is 0.400. The number of aryl methyl sites for hydroxylation is 1. The highest BCUT2D eigenvalue weighted by Crippen LogP contribution is 2.36. The zero-order valence-corrected chi connectivity index (χ0v) is 16.0. The van der Waals surface area contributed by atoms with Crippen LogP contribution in [-0.2, 0) is 11.8 Å². The minimum absolute atomic E-state index is 0.108. The van der Waals surface area contributed by atoms with Gasteiger partial charge in [-0.1, -0.05) is 23.7 Å². The molecule has 0 amide bonds. The van der Waals surface area contributed by atoms with E-state index in [4.69, 9.17) is 16.3 Å². The molecular formula is C20H22ClN5O. The van der Waals surface area contributed by atoms with Crippen molar-refractivity contribution >= 4 is 11.6 Å². The lowest BCUT2D eigenvalue weighted by Gasteiger charge is -2.35. The Bertz CT molecular complexity index is 934. The molecule has 0 unspecified atom stereocenters. The standard InChI is InChI=1S/C20H22ClN5O/c1-24-13-22-9-18(24)20-23-6-7-26(20)16-8-17-12-27-19(11-25(17)10-16)14-2-4-15(21)5-3-14/h2-7,9,13,16-17,19H,8,10-12H2,1H3/t16-,17+,19-/m1/s1. The van der Waals surface area contributed by atoms with Gasteiger partial charge in [0.25, 0.3) is 0 Å². The number of nitrogens with zero attached hydrogens (tertiary/aromatic N) is 5. The van der Waals surface area contributed by atoms with Gasteiger partial charge in [0.15, 0.2) is 5.82 Å². The third kappa shape index (κ3) is 3.08. The molecule has 1 aromatic carbocycles. The van der Waals surface area contributed by atoms with E-state index >= 15 is 0 Å². The molecule has 2 fully saturated rings. The van der Waals surface area contributed by atoms with Crippen LogP contribution in [0, 0.1) is 0 Å². The predicted octanol–water partition coefficient (Wildman–Crippen LogP) is 3.32. The molecule has 0 aliphatic carbocycles. The van der Waals surface area contributed by atoms with E-state index in [1.54, 1.807) is 0 Å². The molecule has 140 valence electrons. The molecule has 2 aliphatic rings. The van der Waals surface area contributed by atoms with Gasteiger partial charge in [-0.2, -0.15) is 0 Å². The lowest BCUT2D eigenvalue weighted by molar-refractivity contribution is -0.0502. The fourth-order valence-corrected chi connectivity index (χ4v) is 4.43. The molecule has 0 spiro atoms. The summed E-state index contributed by atoms with van der Waals surface area (Å²) < 4.78 is 10.5. The van der Waals surface area contributed by atoms with Crippen LogP contribution in [0.3, 0.4) is 0 Å². The van der Waals surface area contributed by atoms with Crippen molar-refractivity contribution in [2.45, 2.75) is 24.6 Å². The summed E-state index contributed by atoms with van der Waals surface area (Å²) in [6.45, 7) is 2.69. The maximum Gasteiger partial charge on any atom is 0.158 e. The van der Waals surface area contributed by atoms with Crippen LogP contribution >= 0.6 is 11.6 Å². The first-order valence-corrected chi connectivity index (χ1v) is 9.67. The Kier molecular flexibility index (Phi) is 4.27. The Hall–Kier alpha value is -2.15. The quantitative estimate of drug-likeness (QED) is 0.696. The van der Waals surface area contributed by atoms with E-state index in [-0.39, 0.29) is 6.10 Å². The van der Waals surface area contributed by atoms with Gasteiger partial charge in [0, 0.05) is 49.6 Å². The highest BCUT2D eigenvalue weighted by Gasteiger charge is 2.39. The molecular weight excluding hydrogens is 362 g/mol. The SMILES string of the molecule is Cn1cncc1-c1nccn1[C@@H]1C[C@H]2CO[C@@H](c3ccc(Cl)cc3)CN2C1. The van der Waals surface area contributed by atoms with E-state index in [1.165, 1.54) is 5.56 Å². The number of hydrogen-bond acceptors (Lipinski definition) is 4. The first-order chi connectivity index (χ1) is 13.2. The normalized spacial score (nSPS) is 25.6. The van der Waals surface area contributed by atoms with Gasteiger partial charge in [0.05, 0.1) is 25.2 Å². The summed E-state index contributed by atoms with van der Waals surface area (Å²) in [7, 11) is 2.00. The van der Waals surface area contributed by atoms with E-state index < -0.39 is 0 Å². The first-order valence-electron chi connectivity index (χ1n) is 9.29. The Morgan fingerprint density at radius 3 is 2.78 bits per heavy atom. The van der Waals surface area contributed by atoms with Crippen LogP contribution in [0.5, 0.6) is 0 Å². The number of fused-ring (bicyclic) bond motifs is 1. The number of imidazole rings is 2. The zero-order chi connectivity index (χ0) is 18.4. The Balaban J connectivity index is 1.34. The number of morpholine rings is 1. The molecule has 5 rings (SSSR count). The maximum atomic E-state index is 6.18. The number of rotatable bonds is 3. The van der Waals surface area contributed by atoms with Gasteiger partial charge in [0.1, 0.15) is 5.69 Å². The Morgan fingerprint density at radius 1 is 1.15 bits per heavy atom. The van der Waals surface area contributed by atoms with E-state index in [0.29, 0.717) is 12.1 Å². The van der Waals surface area contributed by atoms with Gasteiger partial charge in [-0.3, -0.25) is 4.90 Å². The van der Waals surface area contributed by atoms with Gasteiger partial charge in [0.2, 0.25) is 0 Å². The Morgan fingerprint density at radius 2 is 2.00 bits per heavy atom. The summed E-state index contributed by atoms with van der Waals surface area (Å²) in [5, 5.41) is 0.761. The molecule has 2 aliphatic heterocycles. The minimum atomic E-state index is 0.108. The van der Waals surface area contributed by atoms with E-state index in [1.807, 2.05) is 42.5 Å². The van der Waals surface area contributed by atoms with Crippen molar-refractivity contribution in [1.82, 2.24) is 24.0 Å². The highest BCUT2D eigenvalue weighted by molar-refractivity contribution is 6.30. The fourth-order valence-electron chi connectivity index (χ4n) is 4.31. The lowest BCUT2D eigenvalue weighted by atomic mass is 10.1. The summed E-state index contributed by atoms with van der Waals surface area (Å²) in [5.41, 5.74) is 2.24. The van der Waals surface area contributed by atoms with Crippen molar-refractivity contribution in [3.05, 3.63) is 59.8 Å². The van der Waals surface area contributed by atoms with Crippen molar-refractivity contribution in [2.24, 2.45) is 7.05 Å². The van der Waals surface area contributed by atoms with Crippen molar-refractivity contribution in [3.63, 3.8) is 0 Å². The molecule has 6 nitrogen and oxygen atoms in total. The zero-order valence-electron chi connectivity index (χ0n) is 15.2. The molecule has 3 aromatic rings. The number of ether oxygens (including phenoxy) is 1. The molecule has 4 heterocycles. The van der Waals surface area contributed by atoms with Crippen LogP contribution in [0.2, 0.25) is 5.02 Å². The van der Waals surface area contributed by atoms with Crippen LogP contribution in [0.15, 0.2) is 49.2 Å². The van der Waals surface area contributed by atoms with Crippen LogP contribution in [0.25, 0.3) is 11.5 Å². The third-order valence-corrected chi connectivity index (χ3v) is 6.00. The monoisotopic (exact) mass is 383 g/mol. The van der Waals surface area contributed by atoms with E-state index in [0.717, 1.165) is 42.7 Å². The maximum absolute atomic E-state index is 6.18. The highest BCUT2D eigenvalue weighted by atomic mass is 35.5. The van der Waals surface area contributed by atoms with Crippen molar-refractivity contribution < 1.29 is 4.74 Å². The van der Waals surface area contributed by atoms with Crippen molar-refractivity contribution in [3.8, 4) is 11.5 Å². The molecule has 0 saturated carbocycles. The topological polar surface area (TPSA) is 48.1 Å². The van der Waals surface area contributed by atoms with Gasteiger partial charge in [-0.15, -0.1) is 0 Å². The summed E-state index contributed by atoms with van der Waals surface area (Å²) in [4.78, 5) is 11.4. The van der Waals surface area contributed by atoms with Gasteiger partial charge < -0.3 is 13.9 Å². The molecule has 0 radical (unpaired) electrons. The molecule has 0 N–H and O–H groups in total.